The molecule has 2 heteroatoms. The molecule has 0 fully saturated rings. The van der Waals surface area contributed by atoms with Crippen LogP contribution in [0.5, 0.6) is 0 Å². The number of hydrogen-bond donors (Lipinski definition) is 0. The molecule has 2 nitrogen and oxygen atoms in total. The van der Waals surface area contributed by atoms with Gasteiger partial charge in [-0.05, 0) is 11.6 Å². The van der Waals surface area contributed by atoms with E-state index in [-0.39, 0.29) is 0 Å². The van der Waals surface area contributed by atoms with E-state index in [9.17, 15) is 4.79 Å². The molecule has 1 heterocycles. The van der Waals surface area contributed by atoms with Crippen molar-refractivity contribution in [1.82, 2.24) is 4.98 Å². The Bertz CT molecular complexity index is 437. The summed E-state index contributed by atoms with van der Waals surface area (Å²) in [5.41, 5.74) is 2.57. The molecule has 2 aromatic rings. The first-order chi connectivity index (χ1) is 6.92. The Kier molecular flexibility index (Phi) is 2.36. The van der Waals surface area contributed by atoms with Crippen molar-refractivity contribution in [2.75, 3.05) is 0 Å². The average molecular weight is 183 g/mol. The predicted octanol–water partition coefficient (Wildman–Crippen LogP) is 2.56. The first-order valence-electron chi connectivity index (χ1n) is 4.36. The van der Waals surface area contributed by atoms with E-state index in [1.165, 1.54) is 0 Å². The molecule has 0 atom stereocenters. The number of nitrogens with zero attached hydrogens (tertiary/aromatic N) is 1. The number of pyridine rings is 1. The van der Waals surface area contributed by atoms with Crippen molar-refractivity contribution in [2.24, 2.45) is 0 Å². The maximum Gasteiger partial charge on any atom is 0.150 e. The Balaban J connectivity index is 2.57. The van der Waals surface area contributed by atoms with Crippen LogP contribution in [0.1, 0.15) is 10.4 Å². The molecular formula is C12H9NO. The second-order valence-electron chi connectivity index (χ2n) is 2.95. The van der Waals surface area contributed by atoms with Crippen LogP contribution in [-0.2, 0) is 0 Å². The van der Waals surface area contributed by atoms with E-state index < -0.39 is 0 Å². The van der Waals surface area contributed by atoms with Gasteiger partial charge in [-0.2, -0.15) is 0 Å². The summed E-state index contributed by atoms with van der Waals surface area (Å²) in [6.07, 6.45) is 4.18. The lowest BCUT2D eigenvalue weighted by Crippen LogP contribution is -1.87. The first kappa shape index (κ1) is 8.63. The number of aldehydes is 1. The standard InChI is InChI=1S/C12H9NO/c14-9-11-6-7-13-8-12(11)10-4-2-1-3-5-10/h1-9H. The van der Waals surface area contributed by atoms with Crippen molar-refractivity contribution in [2.45, 2.75) is 0 Å². The molecule has 68 valence electrons. The number of carbonyl (C=O) groups excluding carboxylic acids is 1. The van der Waals surface area contributed by atoms with Crippen molar-refractivity contribution in [1.29, 1.82) is 0 Å². The van der Waals surface area contributed by atoms with E-state index >= 15 is 0 Å². The Labute approximate surface area is 82.2 Å². The van der Waals surface area contributed by atoms with E-state index in [0.717, 1.165) is 17.4 Å². The maximum atomic E-state index is 10.8. The fraction of sp³-hybridized carbons (Fsp3) is 0. The summed E-state index contributed by atoms with van der Waals surface area (Å²) < 4.78 is 0. The molecule has 0 amide bonds. The first-order valence-corrected chi connectivity index (χ1v) is 4.36. The average Bonchev–Trinajstić information content (AvgIpc) is 2.30. The Morgan fingerprint density at radius 2 is 1.86 bits per heavy atom. The van der Waals surface area contributed by atoms with Crippen LogP contribution in [0.3, 0.4) is 0 Å². The molecule has 0 saturated heterocycles. The molecular weight excluding hydrogens is 174 g/mol. The molecule has 0 radical (unpaired) electrons. The lowest BCUT2D eigenvalue weighted by atomic mass is 10.0. The number of aromatic nitrogens is 1. The summed E-state index contributed by atoms with van der Waals surface area (Å²) >= 11 is 0. The monoisotopic (exact) mass is 183 g/mol. The molecule has 14 heavy (non-hydrogen) atoms. The summed E-state index contributed by atoms with van der Waals surface area (Å²) in [6, 6.07) is 11.5. The van der Waals surface area contributed by atoms with Gasteiger partial charge in [0.1, 0.15) is 0 Å². The zero-order valence-corrected chi connectivity index (χ0v) is 7.55. The van der Waals surface area contributed by atoms with Crippen molar-refractivity contribution in [3.8, 4) is 11.1 Å². The van der Waals surface area contributed by atoms with Gasteiger partial charge in [-0.15, -0.1) is 0 Å². The van der Waals surface area contributed by atoms with E-state index in [1.807, 2.05) is 30.3 Å². The largest absolute Gasteiger partial charge is 0.298 e. The van der Waals surface area contributed by atoms with Crippen LogP contribution >= 0.6 is 0 Å². The minimum atomic E-state index is 0.672. The quantitative estimate of drug-likeness (QED) is 0.670. The second-order valence-corrected chi connectivity index (χ2v) is 2.95. The van der Waals surface area contributed by atoms with Gasteiger partial charge < -0.3 is 0 Å². The van der Waals surface area contributed by atoms with E-state index in [0.29, 0.717) is 5.56 Å². The van der Waals surface area contributed by atoms with Gasteiger partial charge in [0, 0.05) is 23.5 Å². The molecule has 0 unspecified atom stereocenters. The number of hydrogen-bond acceptors (Lipinski definition) is 2. The third-order valence-corrected chi connectivity index (χ3v) is 2.07. The lowest BCUT2D eigenvalue weighted by Gasteiger charge is -2.02. The molecule has 0 aliphatic heterocycles. The Morgan fingerprint density at radius 3 is 2.57 bits per heavy atom. The van der Waals surface area contributed by atoms with E-state index in [1.54, 1.807) is 18.5 Å². The number of benzene rings is 1. The van der Waals surface area contributed by atoms with Crippen LogP contribution in [-0.4, -0.2) is 11.3 Å². The Morgan fingerprint density at radius 1 is 1.07 bits per heavy atom. The zero-order chi connectivity index (χ0) is 9.80. The summed E-state index contributed by atoms with van der Waals surface area (Å²) in [5.74, 6) is 0. The van der Waals surface area contributed by atoms with Gasteiger partial charge in [0.2, 0.25) is 0 Å². The van der Waals surface area contributed by atoms with Crippen LogP contribution in [0.2, 0.25) is 0 Å². The zero-order valence-electron chi connectivity index (χ0n) is 7.55. The smallest absolute Gasteiger partial charge is 0.150 e. The summed E-state index contributed by atoms with van der Waals surface area (Å²) in [6.45, 7) is 0. The normalized spacial score (nSPS) is 9.71. The molecule has 1 aromatic heterocycles. The van der Waals surface area contributed by atoms with Crippen LogP contribution in [0.15, 0.2) is 48.8 Å². The number of carbonyl (C=O) groups is 1. The van der Waals surface area contributed by atoms with E-state index in [2.05, 4.69) is 4.98 Å². The van der Waals surface area contributed by atoms with Crippen LogP contribution in [0.25, 0.3) is 11.1 Å². The molecule has 2 rings (SSSR count). The minimum Gasteiger partial charge on any atom is -0.298 e. The molecule has 0 bridgehead atoms. The van der Waals surface area contributed by atoms with Crippen molar-refractivity contribution >= 4 is 6.29 Å². The SMILES string of the molecule is O=Cc1ccncc1-c1ccccc1. The molecule has 0 spiro atoms. The number of rotatable bonds is 2. The fourth-order valence-electron chi connectivity index (χ4n) is 1.37. The lowest BCUT2D eigenvalue weighted by molar-refractivity contribution is 0.112. The molecule has 0 aliphatic rings. The molecule has 0 saturated carbocycles. The molecule has 0 N–H and O–H groups in total. The maximum absolute atomic E-state index is 10.8. The molecule has 1 aromatic carbocycles. The highest BCUT2D eigenvalue weighted by molar-refractivity contribution is 5.86. The molecule has 0 aliphatic carbocycles. The van der Waals surface area contributed by atoms with Crippen molar-refractivity contribution < 1.29 is 4.79 Å². The predicted molar refractivity (Wildman–Crippen MR) is 55.1 cm³/mol. The highest BCUT2D eigenvalue weighted by Gasteiger charge is 2.02. The van der Waals surface area contributed by atoms with E-state index in [4.69, 9.17) is 0 Å². The van der Waals surface area contributed by atoms with Gasteiger partial charge in [-0.25, -0.2) is 0 Å². The Hall–Kier alpha value is -1.96. The van der Waals surface area contributed by atoms with Gasteiger partial charge >= 0.3 is 0 Å². The fourth-order valence-corrected chi connectivity index (χ4v) is 1.37. The van der Waals surface area contributed by atoms with Crippen LogP contribution in [0.4, 0.5) is 0 Å². The summed E-state index contributed by atoms with van der Waals surface area (Å²) in [7, 11) is 0. The summed E-state index contributed by atoms with van der Waals surface area (Å²) in [5, 5.41) is 0. The van der Waals surface area contributed by atoms with Gasteiger partial charge in [0.15, 0.2) is 6.29 Å². The van der Waals surface area contributed by atoms with Crippen LogP contribution in [0, 0.1) is 0 Å². The highest BCUT2D eigenvalue weighted by atomic mass is 16.1. The highest BCUT2D eigenvalue weighted by Crippen LogP contribution is 2.20. The van der Waals surface area contributed by atoms with Gasteiger partial charge in [-0.1, -0.05) is 30.3 Å². The van der Waals surface area contributed by atoms with Gasteiger partial charge in [0.05, 0.1) is 0 Å². The minimum absolute atomic E-state index is 0.672. The third kappa shape index (κ3) is 1.55. The van der Waals surface area contributed by atoms with Crippen molar-refractivity contribution in [3.05, 3.63) is 54.4 Å². The second kappa shape index (κ2) is 3.83. The van der Waals surface area contributed by atoms with Crippen molar-refractivity contribution in [3.63, 3.8) is 0 Å². The van der Waals surface area contributed by atoms with Gasteiger partial charge in [-0.3, -0.25) is 9.78 Å². The van der Waals surface area contributed by atoms with Gasteiger partial charge in [0.25, 0.3) is 0 Å². The van der Waals surface area contributed by atoms with Crippen LogP contribution < -0.4 is 0 Å². The third-order valence-electron chi connectivity index (χ3n) is 2.07. The summed E-state index contributed by atoms with van der Waals surface area (Å²) in [4.78, 5) is 14.8. The topological polar surface area (TPSA) is 30.0 Å².